The molecule has 2 atom stereocenters. The Kier molecular flexibility index (Phi) is 6.47. The summed E-state index contributed by atoms with van der Waals surface area (Å²) in [5.74, 6) is -4.78. The van der Waals surface area contributed by atoms with Crippen molar-refractivity contribution in [3.8, 4) is 0 Å². The fraction of sp³-hybridized carbons (Fsp3) is 0.400. The smallest absolute Gasteiger partial charge is 0.342 e. The van der Waals surface area contributed by atoms with Crippen LogP contribution in [0.4, 0.5) is 0 Å². The molecule has 0 aliphatic heterocycles. The number of aliphatic hydroxyl groups is 2. The zero-order chi connectivity index (χ0) is 14.3. The van der Waals surface area contributed by atoms with Crippen molar-refractivity contribution in [1.29, 1.82) is 0 Å². The van der Waals surface area contributed by atoms with Crippen molar-refractivity contribution in [1.82, 2.24) is 0 Å². The van der Waals surface area contributed by atoms with E-state index in [2.05, 4.69) is 9.47 Å². The van der Waals surface area contributed by atoms with Crippen molar-refractivity contribution in [3.63, 3.8) is 0 Å². The summed E-state index contributed by atoms with van der Waals surface area (Å²) in [7, 11) is 0. The lowest BCUT2D eigenvalue weighted by atomic mass is 10.4. The van der Waals surface area contributed by atoms with Gasteiger partial charge in [0.2, 0.25) is 0 Å². The third kappa shape index (κ3) is 6.51. The van der Waals surface area contributed by atoms with Crippen LogP contribution in [0.25, 0.3) is 0 Å². The highest BCUT2D eigenvalue weighted by Crippen LogP contribution is 1.92. The molecule has 18 heavy (non-hydrogen) atoms. The van der Waals surface area contributed by atoms with Crippen LogP contribution in [0.2, 0.25) is 0 Å². The van der Waals surface area contributed by atoms with E-state index in [0.717, 1.165) is 13.8 Å². The first-order valence-corrected chi connectivity index (χ1v) is 4.79. The lowest BCUT2D eigenvalue weighted by molar-refractivity contribution is -0.164. The Morgan fingerprint density at radius 1 is 0.833 bits per heavy atom. The van der Waals surface area contributed by atoms with E-state index in [9.17, 15) is 19.2 Å². The second-order valence-electron chi connectivity index (χ2n) is 3.17. The molecule has 8 heteroatoms. The molecule has 0 aromatic heterocycles. The maximum absolute atomic E-state index is 10.9. The molecule has 0 aliphatic carbocycles. The third-order valence-corrected chi connectivity index (χ3v) is 1.44. The van der Waals surface area contributed by atoms with E-state index in [4.69, 9.17) is 10.2 Å². The Hall–Kier alpha value is -2.06. The molecule has 2 unspecified atom stereocenters. The minimum absolute atomic E-state index is 0.540. The first-order valence-electron chi connectivity index (χ1n) is 4.79. The minimum atomic E-state index is -1.48. The fourth-order valence-electron chi connectivity index (χ4n) is 0.573. The first-order chi connectivity index (χ1) is 8.23. The Morgan fingerprint density at radius 3 is 1.33 bits per heavy atom. The zero-order valence-electron chi connectivity index (χ0n) is 9.65. The Balaban J connectivity index is 4.23. The van der Waals surface area contributed by atoms with Crippen LogP contribution >= 0.6 is 0 Å². The Bertz CT molecular complexity index is 343. The van der Waals surface area contributed by atoms with E-state index < -0.39 is 36.1 Å². The molecule has 0 aromatic carbocycles. The van der Waals surface area contributed by atoms with Gasteiger partial charge in [0, 0.05) is 12.2 Å². The maximum Gasteiger partial charge on any atom is 0.342 e. The molecular formula is C10H12O8. The van der Waals surface area contributed by atoms with Gasteiger partial charge in [-0.25, -0.2) is 19.2 Å². The largest absolute Gasteiger partial charge is 0.388 e. The summed E-state index contributed by atoms with van der Waals surface area (Å²) in [5, 5.41) is 17.4. The molecule has 0 spiro atoms. The van der Waals surface area contributed by atoms with Crippen molar-refractivity contribution in [2.45, 2.75) is 26.1 Å². The van der Waals surface area contributed by atoms with Crippen molar-refractivity contribution in [2.75, 3.05) is 0 Å². The highest BCUT2D eigenvalue weighted by molar-refractivity contribution is 5.99. The van der Waals surface area contributed by atoms with E-state index in [0.29, 0.717) is 12.2 Å². The highest BCUT2D eigenvalue weighted by atomic mass is 16.6. The van der Waals surface area contributed by atoms with Gasteiger partial charge in [0.15, 0.2) is 0 Å². The molecule has 2 N–H and O–H groups in total. The topological polar surface area (TPSA) is 127 Å². The molecule has 0 saturated carbocycles. The van der Waals surface area contributed by atoms with Crippen molar-refractivity contribution >= 4 is 23.9 Å². The maximum atomic E-state index is 10.9. The van der Waals surface area contributed by atoms with Crippen LogP contribution in [-0.2, 0) is 28.7 Å². The normalized spacial score (nSPS) is 13.8. The molecule has 0 aromatic rings. The standard InChI is InChI=1S/C10H12O8/c1-5(11)9(15)17-7(13)3-4-8(14)18-10(16)6(2)12/h3-6,11-12H,1-2H3/b4-3+. The molecule has 0 fully saturated rings. The van der Waals surface area contributed by atoms with Crippen LogP contribution in [0.5, 0.6) is 0 Å². The number of carbonyl (C=O) groups excluding carboxylic acids is 4. The summed E-state index contributed by atoms with van der Waals surface area (Å²) in [6, 6.07) is 0. The number of aliphatic hydroxyl groups excluding tert-OH is 2. The van der Waals surface area contributed by atoms with Gasteiger partial charge in [0.25, 0.3) is 0 Å². The number of carbonyl (C=O) groups is 4. The number of ether oxygens (including phenoxy) is 2. The molecule has 8 nitrogen and oxygen atoms in total. The summed E-state index contributed by atoms with van der Waals surface area (Å²) >= 11 is 0. The summed E-state index contributed by atoms with van der Waals surface area (Å²) in [4.78, 5) is 43.3. The van der Waals surface area contributed by atoms with Gasteiger partial charge in [-0.1, -0.05) is 0 Å². The third-order valence-electron chi connectivity index (χ3n) is 1.44. The Labute approximate surface area is 102 Å². The van der Waals surface area contributed by atoms with Gasteiger partial charge in [-0.05, 0) is 13.8 Å². The lowest BCUT2D eigenvalue weighted by Crippen LogP contribution is -2.23. The van der Waals surface area contributed by atoms with Crippen LogP contribution in [0, 0.1) is 0 Å². The summed E-state index contributed by atoms with van der Waals surface area (Å²) in [6.07, 6.45) is -1.88. The minimum Gasteiger partial charge on any atom is -0.388 e. The summed E-state index contributed by atoms with van der Waals surface area (Å²) < 4.78 is 8.12. The van der Waals surface area contributed by atoms with Crippen LogP contribution < -0.4 is 0 Å². The molecule has 0 bridgehead atoms. The van der Waals surface area contributed by atoms with E-state index in [1.807, 2.05) is 0 Å². The molecule has 100 valence electrons. The number of rotatable bonds is 4. The lowest BCUT2D eigenvalue weighted by Gasteiger charge is -2.02. The molecular weight excluding hydrogens is 248 g/mol. The second-order valence-corrected chi connectivity index (χ2v) is 3.17. The SMILES string of the molecule is CC(O)C(=O)OC(=O)/C=C/C(=O)OC(=O)C(C)O. The summed E-state index contributed by atoms with van der Waals surface area (Å²) in [6.45, 7) is 2.18. The zero-order valence-corrected chi connectivity index (χ0v) is 9.65. The Morgan fingerprint density at radius 2 is 1.11 bits per heavy atom. The number of esters is 4. The monoisotopic (exact) mass is 260 g/mol. The van der Waals surface area contributed by atoms with Crippen LogP contribution in [0.1, 0.15) is 13.8 Å². The first kappa shape index (κ1) is 15.9. The van der Waals surface area contributed by atoms with Gasteiger partial charge in [-0.15, -0.1) is 0 Å². The van der Waals surface area contributed by atoms with E-state index >= 15 is 0 Å². The fourth-order valence-corrected chi connectivity index (χ4v) is 0.573. The molecule has 0 saturated heterocycles. The highest BCUT2D eigenvalue weighted by Gasteiger charge is 2.16. The van der Waals surface area contributed by atoms with E-state index in [1.165, 1.54) is 0 Å². The molecule has 0 aliphatic rings. The van der Waals surface area contributed by atoms with Gasteiger partial charge in [0.1, 0.15) is 12.2 Å². The van der Waals surface area contributed by atoms with Crippen molar-refractivity contribution in [2.24, 2.45) is 0 Å². The van der Waals surface area contributed by atoms with Gasteiger partial charge >= 0.3 is 23.9 Å². The predicted molar refractivity (Wildman–Crippen MR) is 54.7 cm³/mol. The van der Waals surface area contributed by atoms with Crippen molar-refractivity contribution < 1.29 is 38.9 Å². The molecule has 0 amide bonds. The summed E-state index contributed by atoms with van der Waals surface area (Å²) in [5.41, 5.74) is 0. The quantitative estimate of drug-likeness (QED) is 0.353. The number of hydrogen-bond acceptors (Lipinski definition) is 8. The van der Waals surface area contributed by atoms with Gasteiger partial charge < -0.3 is 19.7 Å². The van der Waals surface area contributed by atoms with Gasteiger partial charge in [-0.2, -0.15) is 0 Å². The van der Waals surface area contributed by atoms with Crippen LogP contribution in [0.3, 0.4) is 0 Å². The molecule has 0 heterocycles. The van der Waals surface area contributed by atoms with E-state index in [1.54, 1.807) is 0 Å². The van der Waals surface area contributed by atoms with E-state index in [-0.39, 0.29) is 0 Å². The number of hydrogen-bond donors (Lipinski definition) is 2. The van der Waals surface area contributed by atoms with Crippen LogP contribution in [-0.4, -0.2) is 46.3 Å². The average Bonchev–Trinajstić information content (AvgIpc) is 2.25. The molecule has 0 rings (SSSR count). The average molecular weight is 260 g/mol. The van der Waals surface area contributed by atoms with Crippen molar-refractivity contribution in [3.05, 3.63) is 12.2 Å². The predicted octanol–water partition coefficient (Wildman–Crippen LogP) is -1.56. The second kappa shape index (κ2) is 7.30. The van der Waals surface area contributed by atoms with Crippen LogP contribution in [0.15, 0.2) is 12.2 Å². The molecule has 0 radical (unpaired) electrons. The van der Waals surface area contributed by atoms with Gasteiger partial charge in [-0.3, -0.25) is 0 Å². The van der Waals surface area contributed by atoms with Gasteiger partial charge in [0.05, 0.1) is 0 Å².